The van der Waals surface area contributed by atoms with Gasteiger partial charge in [-0.3, -0.25) is 14.3 Å². The van der Waals surface area contributed by atoms with Crippen LogP contribution in [0, 0.1) is 0 Å². The standard InChI is InChI=1S/C19H24N4O4/c1-19(11-7-4-8-12-19)23(18(26)27)14-15(20)22(13-9-5-3-6-10-13)17(25)21(2)16(14)24/h3,5-6,9-10H,4,7-8,11-12,20H2,1-2H3,(H,26,27). The van der Waals surface area contributed by atoms with Crippen LogP contribution >= 0.6 is 0 Å². The molecule has 1 aromatic carbocycles. The van der Waals surface area contributed by atoms with Crippen LogP contribution in [0.15, 0.2) is 39.9 Å². The van der Waals surface area contributed by atoms with Gasteiger partial charge < -0.3 is 10.8 Å². The van der Waals surface area contributed by atoms with Crippen LogP contribution in [0.25, 0.3) is 5.69 Å². The number of benzene rings is 1. The molecular formula is C19H24N4O4. The van der Waals surface area contributed by atoms with E-state index in [1.165, 1.54) is 11.6 Å². The Morgan fingerprint density at radius 2 is 1.74 bits per heavy atom. The Balaban J connectivity index is 2.32. The highest BCUT2D eigenvalue weighted by atomic mass is 16.4. The first-order chi connectivity index (χ1) is 12.8. The lowest BCUT2D eigenvalue weighted by atomic mass is 9.82. The molecule has 27 heavy (non-hydrogen) atoms. The number of rotatable bonds is 3. The van der Waals surface area contributed by atoms with E-state index in [1.807, 2.05) is 6.92 Å². The Bertz CT molecular complexity index is 972. The summed E-state index contributed by atoms with van der Waals surface area (Å²) in [4.78, 5) is 38.8. The fourth-order valence-corrected chi connectivity index (χ4v) is 3.88. The average molecular weight is 372 g/mol. The van der Waals surface area contributed by atoms with Gasteiger partial charge in [-0.25, -0.2) is 14.2 Å². The zero-order valence-electron chi connectivity index (χ0n) is 15.5. The van der Waals surface area contributed by atoms with Gasteiger partial charge in [0.25, 0.3) is 5.56 Å². The number of nitrogens with zero attached hydrogens (tertiary/aromatic N) is 3. The summed E-state index contributed by atoms with van der Waals surface area (Å²) in [6.45, 7) is 1.83. The molecule has 0 aliphatic heterocycles. The van der Waals surface area contributed by atoms with E-state index < -0.39 is 22.9 Å². The van der Waals surface area contributed by atoms with Gasteiger partial charge in [-0.15, -0.1) is 0 Å². The summed E-state index contributed by atoms with van der Waals surface area (Å²) < 4.78 is 2.08. The number of para-hydroxylation sites is 1. The van der Waals surface area contributed by atoms with E-state index in [9.17, 15) is 19.5 Å². The SMILES string of the molecule is Cn1c(=O)c(N(C(=O)O)C2(C)CCCCC2)c(N)n(-c2ccccc2)c1=O. The fourth-order valence-electron chi connectivity index (χ4n) is 3.88. The quantitative estimate of drug-likeness (QED) is 0.859. The number of carbonyl (C=O) groups is 1. The van der Waals surface area contributed by atoms with Crippen LogP contribution in [0.5, 0.6) is 0 Å². The van der Waals surface area contributed by atoms with Gasteiger partial charge >= 0.3 is 11.8 Å². The zero-order chi connectivity index (χ0) is 19.8. The van der Waals surface area contributed by atoms with Crippen molar-refractivity contribution in [1.82, 2.24) is 9.13 Å². The first-order valence-corrected chi connectivity index (χ1v) is 8.98. The van der Waals surface area contributed by atoms with E-state index in [4.69, 9.17) is 5.73 Å². The predicted octanol–water partition coefficient (Wildman–Crippen LogP) is 2.33. The Hall–Kier alpha value is -3.03. The van der Waals surface area contributed by atoms with Crippen molar-refractivity contribution in [3.63, 3.8) is 0 Å². The third-order valence-electron chi connectivity index (χ3n) is 5.37. The van der Waals surface area contributed by atoms with Gasteiger partial charge in [0.2, 0.25) is 0 Å². The molecule has 0 radical (unpaired) electrons. The number of hydrogen-bond donors (Lipinski definition) is 2. The maximum atomic E-state index is 12.9. The summed E-state index contributed by atoms with van der Waals surface area (Å²) >= 11 is 0. The molecule has 1 fully saturated rings. The maximum Gasteiger partial charge on any atom is 0.412 e. The molecule has 3 N–H and O–H groups in total. The molecule has 1 saturated carbocycles. The van der Waals surface area contributed by atoms with E-state index in [2.05, 4.69) is 0 Å². The summed E-state index contributed by atoms with van der Waals surface area (Å²) in [7, 11) is 1.33. The minimum atomic E-state index is -1.25. The molecule has 1 aliphatic carbocycles. The van der Waals surface area contributed by atoms with Crippen molar-refractivity contribution < 1.29 is 9.90 Å². The zero-order valence-corrected chi connectivity index (χ0v) is 15.5. The Kier molecular flexibility index (Phi) is 4.82. The smallest absolute Gasteiger partial charge is 0.412 e. The van der Waals surface area contributed by atoms with Crippen molar-refractivity contribution in [1.29, 1.82) is 0 Å². The molecule has 0 saturated heterocycles. The Labute approximate surface area is 156 Å². The van der Waals surface area contributed by atoms with Crippen LogP contribution in [0.3, 0.4) is 0 Å². The van der Waals surface area contributed by atoms with Crippen molar-refractivity contribution in [2.24, 2.45) is 7.05 Å². The molecular weight excluding hydrogens is 348 g/mol. The van der Waals surface area contributed by atoms with Crippen molar-refractivity contribution in [2.45, 2.75) is 44.6 Å². The summed E-state index contributed by atoms with van der Waals surface area (Å²) in [6, 6.07) is 8.63. The lowest BCUT2D eigenvalue weighted by Gasteiger charge is -2.42. The normalized spacial score (nSPS) is 16.1. The number of carboxylic acid groups (broad SMARTS) is 1. The minimum absolute atomic E-state index is 0.163. The topological polar surface area (TPSA) is 111 Å². The van der Waals surface area contributed by atoms with E-state index in [0.717, 1.165) is 28.7 Å². The lowest BCUT2D eigenvalue weighted by molar-refractivity contribution is 0.185. The summed E-state index contributed by atoms with van der Waals surface area (Å²) in [5.74, 6) is -0.163. The number of nitrogens with two attached hydrogens (primary N) is 1. The molecule has 8 nitrogen and oxygen atoms in total. The third kappa shape index (κ3) is 3.11. The van der Waals surface area contributed by atoms with Gasteiger partial charge in [0.05, 0.1) is 5.69 Å². The predicted molar refractivity (Wildman–Crippen MR) is 104 cm³/mol. The number of hydrogen-bond acceptors (Lipinski definition) is 4. The van der Waals surface area contributed by atoms with Crippen molar-refractivity contribution in [3.8, 4) is 5.69 Å². The van der Waals surface area contributed by atoms with Crippen LogP contribution in [-0.4, -0.2) is 25.9 Å². The molecule has 0 unspecified atom stereocenters. The molecule has 3 rings (SSSR count). The molecule has 1 heterocycles. The Morgan fingerprint density at radius 1 is 1.15 bits per heavy atom. The molecule has 144 valence electrons. The summed E-state index contributed by atoms with van der Waals surface area (Å²) in [5, 5.41) is 9.95. The molecule has 1 aliphatic rings. The molecule has 8 heteroatoms. The van der Waals surface area contributed by atoms with E-state index >= 15 is 0 Å². The lowest BCUT2D eigenvalue weighted by Crippen LogP contribution is -2.54. The second-order valence-corrected chi connectivity index (χ2v) is 7.23. The minimum Gasteiger partial charge on any atom is -0.465 e. The van der Waals surface area contributed by atoms with Gasteiger partial charge in [0.1, 0.15) is 5.82 Å². The second-order valence-electron chi connectivity index (χ2n) is 7.23. The monoisotopic (exact) mass is 372 g/mol. The van der Waals surface area contributed by atoms with Gasteiger partial charge in [0, 0.05) is 12.6 Å². The molecule has 1 aromatic heterocycles. The molecule has 1 amide bonds. The summed E-state index contributed by atoms with van der Waals surface area (Å²) in [5.41, 5.74) is 4.46. The van der Waals surface area contributed by atoms with Crippen LogP contribution < -0.4 is 21.9 Å². The summed E-state index contributed by atoms with van der Waals surface area (Å²) in [6.07, 6.45) is 2.79. The van der Waals surface area contributed by atoms with Crippen molar-refractivity contribution >= 4 is 17.6 Å². The van der Waals surface area contributed by atoms with Gasteiger partial charge in [-0.1, -0.05) is 37.5 Å². The van der Waals surface area contributed by atoms with Crippen LogP contribution in [-0.2, 0) is 7.05 Å². The average Bonchev–Trinajstić information content (AvgIpc) is 2.64. The van der Waals surface area contributed by atoms with Crippen molar-refractivity contribution in [3.05, 3.63) is 51.2 Å². The van der Waals surface area contributed by atoms with Crippen LogP contribution in [0.1, 0.15) is 39.0 Å². The fraction of sp³-hybridized carbons (Fsp3) is 0.421. The van der Waals surface area contributed by atoms with E-state index in [-0.39, 0.29) is 11.5 Å². The first kappa shape index (κ1) is 18.8. The van der Waals surface area contributed by atoms with E-state index in [0.29, 0.717) is 18.5 Å². The van der Waals surface area contributed by atoms with Gasteiger partial charge in [-0.05, 0) is 31.9 Å². The number of amides is 1. The third-order valence-corrected chi connectivity index (χ3v) is 5.37. The van der Waals surface area contributed by atoms with E-state index in [1.54, 1.807) is 30.3 Å². The van der Waals surface area contributed by atoms with Crippen LogP contribution in [0.2, 0.25) is 0 Å². The largest absolute Gasteiger partial charge is 0.465 e. The van der Waals surface area contributed by atoms with Gasteiger partial charge in [-0.2, -0.15) is 0 Å². The van der Waals surface area contributed by atoms with Crippen LogP contribution in [0.4, 0.5) is 16.3 Å². The number of nitrogen functional groups attached to an aromatic ring is 1. The number of anilines is 2. The molecule has 0 bridgehead atoms. The van der Waals surface area contributed by atoms with Gasteiger partial charge in [0.15, 0.2) is 5.69 Å². The molecule has 0 atom stereocenters. The first-order valence-electron chi connectivity index (χ1n) is 8.98. The second kappa shape index (κ2) is 6.94. The molecule has 0 spiro atoms. The highest BCUT2D eigenvalue weighted by molar-refractivity contribution is 5.91. The molecule has 2 aromatic rings. The Morgan fingerprint density at radius 3 is 2.30 bits per heavy atom. The highest BCUT2D eigenvalue weighted by Crippen LogP contribution is 2.37. The highest BCUT2D eigenvalue weighted by Gasteiger charge is 2.41. The van der Waals surface area contributed by atoms with Crippen molar-refractivity contribution in [2.75, 3.05) is 10.6 Å². The number of aromatic nitrogens is 2. The maximum absolute atomic E-state index is 12.9.